The molecule has 0 bridgehead atoms. The number of anilines is 1. The molecule has 5 atom stereocenters. The quantitative estimate of drug-likeness (QED) is 0.107. The summed E-state index contributed by atoms with van der Waals surface area (Å²) in [6.07, 6.45) is -2.43. The smallest absolute Gasteiger partial charge is 0.387 e. The number of rotatable bonds is 10. The second kappa shape index (κ2) is 9.99. The predicted octanol–water partition coefficient (Wildman–Crippen LogP) is 0.146. The summed E-state index contributed by atoms with van der Waals surface area (Å²) in [5.74, 6) is 0.894. The molecule has 180 valence electrons. The summed E-state index contributed by atoms with van der Waals surface area (Å²) < 4.78 is 37.4. The molecule has 5 unspecified atom stereocenters. The van der Waals surface area contributed by atoms with Gasteiger partial charge in [0.1, 0.15) is 23.8 Å². The van der Waals surface area contributed by atoms with E-state index in [4.69, 9.17) is 20.3 Å². The lowest BCUT2D eigenvalue weighted by Crippen LogP contribution is -2.33. The average molecular weight is 515 g/mol. The Morgan fingerprint density at radius 2 is 1.97 bits per heavy atom. The molecule has 0 saturated carbocycles. The first kappa shape index (κ1) is 25.5. The van der Waals surface area contributed by atoms with Crippen molar-refractivity contribution in [2.75, 3.05) is 18.1 Å². The lowest BCUT2D eigenvalue weighted by molar-refractivity contribution is -0.0503. The van der Waals surface area contributed by atoms with Crippen LogP contribution < -0.4 is 5.73 Å². The standard InChI is InChI=1S/C14H23N5O10P2S/c1-2-3-4-32-14-17-11(15)8-12(18-14)19(6-16-8)13-10(21)9(20)7(28-13)5-27-31(25,26)29-30(22,23)24/h6-7,9-10,13,20-21H,2-5H2,1H3,(H,25,26)(H2,15,17,18)(H2,22,23,24). The van der Waals surface area contributed by atoms with E-state index in [-0.39, 0.29) is 17.0 Å². The number of hydrogen-bond donors (Lipinski definition) is 6. The Balaban J connectivity index is 1.78. The molecule has 0 aliphatic carbocycles. The van der Waals surface area contributed by atoms with Gasteiger partial charge in [0.25, 0.3) is 0 Å². The van der Waals surface area contributed by atoms with Crippen molar-refractivity contribution in [2.45, 2.75) is 49.5 Å². The van der Waals surface area contributed by atoms with Crippen LogP contribution in [-0.2, 0) is 22.7 Å². The number of phosphoric ester groups is 1. The van der Waals surface area contributed by atoms with Gasteiger partial charge >= 0.3 is 15.6 Å². The zero-order chi connectivity index (χ0) is 23.7. The number of nitrogen functional groups attached to an aromatic ring is 1. The van der Waals surface area contributed by atoms with E-state index in [1.807, 2.05) is 6.92 Å². The number of nitrogens with zero attached hydrogens (tertiary/aromatic N) is 4. The van der Waals surface area contributed by atoms with Gasteiger partial charge in [0, 0.05) is 5.75 Å². The van der Waals surface area contributed by atoms with Gasteiger partial charge in [0.2, 0.25) is 0 Å². The third kappa shape index (κ3) is 6.04. The lowest BCUT2D eigenvalue weighted by Gasteiger charge is -2.17. The van der Waals surface area contributed by atoms with Crippen molar-refractivity contribution < 1.29 is 47.6 Å². The Kier molecular flexibility index (Phi) is 7.95. The second-order valence-electron chi connectivity index (χ2n) is 6.80. The van der Waals surface area contributed by atoms with E-state index in [1.165, 1.54) is 22.7 Å². The van der Waals surface area contributed by atoms with Gasteiger partial charge in [-0.3, -0.25) is 9.09 Å². The summed E-state index contributed by atoms with van der Waals surface area (Å²) in [4.78, 5) is 39.4. The first-order valence-corrected chi connectivity index (χ1v) is 13.3. The maximum atomic E-state index is 11.6. The molecule has 7 N–H and O–H groups in total. The van der Waals surface area contributed by atoms with Crippen LogP contribution in [0.2, 0.25) is 0 Å². The van der Waals surface area contributed by atoms with Gasteiger partial charge in [-0.2, -0.15) is 4.31 Å². The van der Waals surface area contributed by atoms with E-state index in [1.54, 1.807) is 0 Å². The number of phosphoric acid groups is 2. The number of thioether (sulfide) groups is 1. The van der Waals surface area contributed by atoms with E-state index in [0.717, 1.165) is 18.6 Å². The molecule has 2 aromatic heterocycles. The Labute approximate surface area is 185 Å². The number of fused-ring (bicyclic) bond motifs is 1. The normalized spacial score (nSPS) is 25.9. The Hall–Kier alpha value is -1.16. The number of imidazole rings is 1. The third-order valence-corrected chi connectivity index (χ3v) is 7.47. The van der Waals surface area contributed by atoms with Gasteiger partial charge in [-0.05, 0) is 6.42 Å². The van der Waals surface area contributed by atoms with Crippen LogP contribution >= 0.6 is 27.4 Å². The Morgan fingerprint density at radius 3 is 2.62 bits per heavy atom. The van der Waals surface area contributed by atoms with E-state index in [2.05, 4.69) is 23.8 Å². The van der Waals surface area contributed by atoms with Gasteiger partial charge in [0.05, 0.1) is 12.9 Å². The molecular weight excluding hydrogens is 492 g/mol. The van der Waals surface area contributed by atoms with Crippen molar-refractivity contribution in [2.24, 2.45) is 0 Å². The molecule has 1 saturated heterocycles. The van der Waals surface area contributed by atoms with Crippen molar-refractivity contribution in [3.8, 4) is 0 Å². The Morgan fingerprint density at radius 1 is 1.25 bits per heavy atom. The fourth-order valence-corrected chi connectivity index (χ4v) is 5.43. The van der Waals surface area contributed by atoms with Gasteiger partial charge in [0.15, 0.2) is 22.8 Å². The van der Waals surface area contributed by atoms with Gasteiger partial charge < -0.3 is 35.4 Å². The molecule has 1 aliphatic rings. The monoisotopic (exact) mass is 515 g/mol. The van der Waals surface area contributed by atoms with Crippen molar-refractivity contribution in [1.29, 1.82) is 0 Å². The van der Waals surface area contributed by atoms with Crippen molar-refractivity contribution >= 4 is 44.4 Å². The van der Waals surface area contributed by atoms with E-state index >= 15 is 0 Å². The molecule has 15 nitrogen and oxygen atoms in total. The van der Waals surface area contributed by atoms with Crippen LogP contribution in [0.3, 0.4) is 0 Å². The summed E-state index contributed by atoms with van der Waals surface area (Å²) in [5.41, 5.74) is 6.46. The maximum Gasteiger partial charge on any atom is 0.481 e. The zero-order valence-corrected chi connectivity index (χ0v) is 19.3. The van der Waals surface area contributed by atoms with Crippen LogP contribution in [0.15, 0.2) is 11.5 Å². The predicted molar refractivity (Wildman–Crippen MR) is 110 cm³/mol. The maximum absolute atomic E-state index is 11.6. The first-order chi connectivity index (χ1) is 14.9. The van der Waals surface area contributed by atoms with Crippen LogP contribution in [0.4, 0.5) is 5.82 Å². The molecule has 0 aromatic carbocycles. The highest BCUT2D eigenvalue weighted by atomic mass is 32.2. The number of aromatic nitrogens is 4. The molecule has 18 heteroatoms. The van der Waals surface area contributed by atoms with Crippen molar-refractivity contribution in [1.82, 2.24) is 19.5 Å². The van der Waals surface area contributed by atoms with E-state index in [9.17, 15) is 24.2 Å². The molecule has 0 amide bonds. The number of ether oxygens (including phenoxy) is 1. The molecule has 2 aromatic rings. The molecule has 1 fully saturated rings. The average Bonchev–Trinajstić information content (AvgIpc) is 3.21. The highest BCUT2D eigenvalue weighted by Gasteiger charge is 2.46. The van der Waals surface area contributed by atoms with Crippen molar-refractivity contribution in [3.05, 3.63) is 6.33 Å². The molecule has 0 radical (unpaired) electrons. The van der Waals surface area contributed by atoms with E-state index < -0.39 is 46.8 Å². The van der Waals surface area contributed by atoms with Crippen LogP contribution in [0.1, 0.15) is 26.0 Å². The minimum atomic E-state index is -5.31. The fraction of sp³-hybridized carbons (Fsp3) is 0.643. The summed E-state index contributed by atoms with van der Waals surface area (Å²) in [6, 6.07) is 0. The Bertz CT molecular complexity index is 1050. The largest absolute Gasteiger partial charge is 0.481 e. The van der Waals surface area contributed by atoms with Crippen LogP contribution in [0, 0.1) is 0 Å². The number of hydrogen-bond acceptors (Lipinski definition) is 12. The summed E-state index contributed by atoms with van der Waals surface area (Å²) in [5, 5.41) is 21.1. The topological polar surface area (TPSA) is 233 Å². The fourth-order valence-electron chi connectivity index (χ4n) is 2.90. The van der Waals surface area contributed by atoms with Crippen LogP contribution in [0.25, 0.3) is 11.2 Å². The second-order valence-corrected chi connectivity index (χ2v) is 10.7. The van der Waals surface area contributed by atoms with Gasteiger partial charge in [-0.1, -0.05) is 25.1 Å². The van der Waals surface area contributed by atoms with E-state index in [0.29, 0.717) is 5.16 Å². The minimum Gasteiger partial charge on any atom is -0.387 e. The molecule has 32 heavy (non-hydrogen) atoms. The van der Waals surface area contributed by atoms with Gasteiger partial charge in [-0.25, -0.2) is 24.1 Å². The lowest BCUT2D eigenvalue weighted by atomic mass is 10.1. The zero-order valence-electron chi connectivity index (χ0n) is 16.7. The summed E-state index contributed by atoms with van der Waals surface area (Å²) >= 11 is 1.39. The molecule has 0 spiro atoms. The van der Waals surface area contributed by atoms with Gasteiger partial charge in [-0.15, -0.1) is 0 Å². The summed E-state index contributed by atoms with van der Waals surface area (Å²) in [7, 11) is -10.5. The number of unbranched alkanes of at least 4 members (excludes halogenated alkanes) is 1. The molecular formula is C14H23N5O10P2S. The highest BCUT2D eigenvalue weighted by Crippen LogP contribution is 2.57. The molecule has 1 aliphatic heterocycles. The first-order valence-electron chi connectivity index (χ1n) is 9.30. The highest BCUT2D eigenvalue weighted by molar-refractivity contribution is 7.99. The molecule has 3 rings (SSSR count). The summed E-state index contributed by atoms with van der Waals surface area (Å²) in [6.45, 7) is 1.23. The SMILES string of the molecule is CCCCSc1nc(N)c2ncn(C3OC(COP(=O)(O)OP(=O)(O)O)C(O)C3O)c2n1. The minimum absolute atomic E-state index is 0.122. The number of aliphatic hydroxyl groups is 2. The number of aliphatic hydroxyl groups excluding tert-OH is 2. The molecule has 3 heterocycles. The van der Waals surface area contributed by atoms with Crippen LogP contribution in [0.5, 0.6) is 0 Å². The number of nitrogens with two attached hydrogens (primary N) is 1. The third-order valence-electron chi connectivity index (χ3n) is 4.38. The van der Waals surface area contributed by atoms with Crippen molar-refractivity contribution in [3.63, 3.8) is 0 Å². The van der Waals surface area contributed by atoms with Crippen LogP contribution in [-0.4, -0.2) is 75.1 Å².